The first-order valence-corrected chi connectivity index (χ1v) is 26.0. The second-order valence-electron chi connectivity index (χ2n) is 17.7. The van der Waals surface area contributed by atoms with Gasteiger partial charge in [-0.15, -0.1) is 13.2 Å². The Morgan fingerprint density at radius 2 is 0.987 bits per heavy atom. The van der Waals surface area contributed by atoms with Crippen molar-refractivity contribution >= 4 is 35.6 Å². The zero-order chi connectivity index (χ0) is 57.4. The van der Waals surface area contributed by atoms with Crippen LogP contribution >= 0.6 is 0 Å². The van der Waals surface area contributed by atoms with Crippen LogP contribution in [0.2, 0.25) is 0 Å². The quantitative estimate of drug-likeness (QED) is 0.0179. The number of carbonyl (C=O) groups is 6. The van der Waals surface area contributed by atoms with Crippen molar-refractivity contribution in [3.63, 3.8) is 0 Å². The topological polar surface area (TPSA) is 262 Å². The van der Waals surface area contributed by atoms with Gasteiger partial charge in [-0.3, -0.25) is 19.2 Å². The number of benzene rings is 2. The fourth-order valence-corrected chi connectivity index (χ4v) is 7.19. The van der Waals surface area contributed by atoms with Gasteiger partial charge in [-0.1, -0.05) is 102 Å². The molecule has 2 aromatic rings. The first-order chi connectivity index (χ1) is 36.1. The van der Waals surface area contributed by atoms with Crippen molar-refractivity contribution in [2.45, 2.75) is 167 Å². The van der Waals surface area contributed by atoms with E-state index in [1.165, 1.54) is 38.5 Å². The number of unbranched alkanes of at least 4 members (excludes halogenated alkanes) is 12. The fourth-order valence-electron chi connectivity index (χ4n) is 7.19. The van der Waals surface area contributed by atoms with Crippen LogP contribution in [0.25, 0.3) is 11.1 Å². The lowest BCUT2D eigenvalue weighted by atomic mass is 9.97. The monoisotopic (exact) mass is 1090 g/mol. The molecule has 0 aliphatic heterocycles. The molecule has 2 rings (SSSR count). The molecular weight excluding hydrogens is 1010 g/mol. The molecule has 2 atom stereocenters. The number of ether oxygens (including phenoxy) is 2. The third-order valence-electron chi connectivity index (χ3n) is 11.2. The number of hydrogen-bond acceptors (Lipinski definition) is 10. The van der Waals surface area contributed by atoms with Crippen molar-refractivity contribution in [2.24, 2.45) is 11.5 Å². The van der Waals surface area contributed by atoms with Gasteiger partial charge in [0.05, 0.1) is 0 Å². The normalized spacial score (nSPS) is 11.8. The lowest BCUT2D eigenvalue weighted by molar-refractivity contribution is -0.193. The second kappa shape index (κ2) is 41.1. The lowest BCUT2D eigenvalue weighted by Gasteiger charge is -2.20. The minimum absolute atomic E-state index is 0.193. The van der Waals surface area contributed by atoms with Gasteiger partial charge in [0.25, 0.3) is 11.8 Å². The van der Waals surface area contributed by atoms with Gasteiger partial charge in [0.15, 0.2) is 13.2 Å². The van der Waals surface area contributed by atoms with Gasteiger partial charge >= 0.3 is 24.3 Å². The number of carbonyl (C=O) groups excluding carboxylic acids is 4. The molecule has 0 aliphatic rings. The van der Waals surface area contributed by atoms with Gasteiger partial charge in [0.2, 0.25) is 11.8 Å². The molecule has 4 amide bonds. The minimum Gasteiger partial charge on any atom is -0.483 e. The summed E-state index contributed by atoms with van der Waals surface area (Å²) in [5.74, 6) is -5.69. The van der Waals surface area contributed by atoms with Crippen LogP contribution in [0.1, 0.15) is 141 Å². The van der Waals surface area contributed by atoms with Crippen LogP contribution in [0, 0.1) is 0 Å². The van der Waals surface area contributed by atoms with Gasteiger partial charge in [-0.05, 0) is 118 Å². The van der Waals surface area contributed by atoms with Gasteiger partial charge in [-0.25, -0.2) is 9.59 Å². The molecule has 2 aromatic carbocycles. The van der Waals surface area contributed by atoms with E-state index in [-0.39, 0.29) is 25.0 Å². The van der Waals surface area contributed by atoms with Crippen LogP contribution in [0.15, 0.2) is 61.7 Å². The third-order valence-corrected chi connectivity index (χ3v) is 11.2. The number of carboxylic acid groups (broad SMARTS) is 2. The number of halogens is 6. The Labute approximate surface area is 443 Å². The van der Waals surface area contributed by atoms with Crippen molar-refractivity contribution in [1.82, 2.24) is 21.3 Å². The van der Waals surface area contributed by atoms with Crippen molar-refractivity contribution in [3.05, 3.63) is 72.8 Å². The zero-order valence-corrected chi connectivity index (χ0v) is 44.2. The standard InChI is InChI=1S/C50H80N6O6.2C2HF3O2/c1-5-9-11-13-15-21-33-53-49(59)43(25-17-19-31-51)55-47(57)37-61-45-30-28-40(36-41(45)24-8-4)42-35-39(23-7-3)27-29-46(42)62-38-48(58)56-44(26-18-20-32-52)50(60)54-34-22-16-14-12-10-6-2;2*3-2(4,5)1(6)7/h7-8,27-30,35-36,43-44H,3-6,9-26,31-34,37-38,51-52H2,1-2H3,(H,53,59)(H,54,60)(H,55,57)(H,56,58);2*(H,6,7). The molecule has 0 radical (unpaired) electrons. The molecule has 22 heteroatoms. The molecule has 0 aliphatic carbocycles. The summed E-state index contributed by atoms with van der Waals surface area (Å²) in [7, 11) is 0. The SMILES string of the molecule is C=CCc1ccc(OCC(=O)NC(CCCCN)C(=O)NCCCCCCCC)c(-c2ccc(OCC(=O)NC(CCCCN)C(=O)NCCCCCCCC)c(CC=C)c2)c1.O=C(O)C(F)(F)F.O=C(O)C(F)(F)F. The summed E-state index contributed by atoms with van der Waals surface area (Å²) in [5.41, 5.74) is 14.8. The van der Waals surface area contributed by atoms with E-state index in [0.717, 1.165) is 73.6 Å². The molecule has 0 aromatic heterocycles. The molecule has 10 N–H and O–H groups in total. The van der Waals surface area contributed by atoms with E-state index in [9.17, 15) is 45.5 Å². The highest BCUT2D eigenvalue weighted by atomic mass is 19.4. The van der Waals surface area contributed by atoms with Crippen molar-refractivity contribution < 1.29 is 74.8 Å². The number of carboxylic acids is 2. The highest BCUT2D eigenvalue weighted by Gasteiger charge is 2.39. The van der Waals surface area contributed by atoms with E-state index in [1.54, 1.807) is 12.1 Å². The highest BCUT2D eigenvalue weighted by molar-refractivity contribution is 5.89. The van der Waals surface area contributed by atoms with Gasteiger partial charge < -0.3 is 52.4 Å². The van der Waals surface area contributed by atoms with E-state index in [4.69, 9.17) is 40.7 Å². The predicted molar refractivity (Wildman–Crippen MR) is 280 cm³/mol. The van der Waals surface area contributed by atoms with Crippen molar-refractivity contribution in [1.29, 1.82) is 0 Å². The van der Waals surface area contributed by atoms with Crippen LogP contribution < -0.4 is 42.2 Å². The van der Waals surface area contributed by atoms with E-state index in [0.29, 0.717) is 76.2 Å². The summed E-state index contributed by atoms with van der Waals surface area (Å²) >= 11 is 0. The number of aliphatic carboxylic acids is 2. The fraction of sp³-hybridized carbons (Fsp3) is 0.593. The van der Waals surface area contributed by atoms with E-state index in [2.05, 4.69) is 48.3 Å². The second-order valence-corrected chi connectivity index (χ2v) is 17.7. The molecular formula is C54H82F6N6O10. The Bertz CT molecular complexity index is 2020. The Hall–Kier alpha value is -6.16. The maximum atomic E-state index is 13.3. The molecule has 0 saturated heterocycles. The largest absolute Gasteiger partial charge is 0.490 e. The van der Waals surface area contributed by atoms with Gasteiger partial charge in [0, 0.05) is 18.7 Å². The van der Waals surface area contributed by atoms with Crippen LogP contribution in [0.5, 0.6) is 11.5 Å². The summed E-state index contributed by atoms with van der Waals surface area (Å²) in [5, 5.41) is 26.0. The number of amides is 4. The van der Waals surface area contributed by atoms with Crippen LogP contribution in [0.3, 0.4) is 0 Å². The number of nitrogens with two attached hydrogens (primary N) is 2. The number of rotatable bonds is 37. The number of hydrogen-bond donors (Lipinski definition) is 8. The van der Waals surface area contributed by atoms with Crippen molar-refractivity contribution in [2.75, 3.05) is 39.4 Å². The van der Waals surface area contributed by atoms with Crippen LogP contribution in [-0.4, -0.2) is 110 Å². The highest BCUT2D eigenvalue weighted by Crippen LogP contribution is 2.35. The number of alkyl halides is 6. The van der Waals surface area contributed by atoms with E-state index >= 15 is 0 Å². The summed E-state index contributed by atoms with van der Waals surface area (Å²) in [6.45, 7) is 13.8. The van der Waals surface area contributed by atoms with Gasteiger partial charge in [0.1, 0.15) is 23.6 Å². The zero-order valence-electron chi connectivity index (χ0n) is 44.2. The molecule has 0 heterocycles. The molecule has 0 bridgehead atoms. The Kier molecular flexibility index (Phi) is 37.7. The summed E-state index contributed by atoms with van der Waals surface area (Å²) < 4.78 is 75.7. The van der Waals surface area contributed by atoms with Crippen LogP contribution in [0.4, 0.5) is 26.3 Å². The summed E-state index contributed by atoms with van der Waals surface area (Å²) in [4.78, 5) is 70.5. The molecule has 0 saturated carbocycles. The smallest absolute Gasteiger partial charge is 0.483 e. The molecule has 16 nitrogen and oxygen atoms in total. The predicted octanol–water partition coefficient (Wildman–Crippen LogP) is 9.02. The van der Waals surface area contributed by atoms with E-state index in [1.807, 2.05) is 36.4 Å². The molecule has 76 heavy (non-hydrogen) atoms. The maximum Gasteiger partial charge on any atom is 0.490 e. The van der Waals surface area contributed by atoms with E-state index < -0.39 is 48.2 Å². The number of nitrogens with one attached hydrogen (secondary N) is 4. The van der Waals surface area contributed by atoms with Crippen molar-refractivity contribution in [3.8, 4) is 22.6 Å². The maximum absolute atomic E-state index is 13.3. The summed E-state index contributed by atoms with van der Waals surface area (Å²) in [6, 6.07) is 10.1. The van der Waals surface area contributed by atoms with Gasteiger partial charge in [-0.2, -0.15) is 26.3 Å². The first-order valence-electron chi connectivity index (χ1n) is 26.0. The Morgan fingerprint density at radius 1 is 0.579 bits per heavy atom. The lowest BCUT2D eigenvalue weighted by Crippen LogP contribution is -2.48. The Balaban J connectivity index is 0.00000351. The molecule has 0 fully saturated rings. The number of allylic oxidation sites excluding steroid dienone is 2. The molecule has 2 unspecified atom stereocenters. The first kappa shape index (κ1) is 69.8. The molecule has 0 spiro atoms. The summed E-state index contributed by atoms with van der Waals surface area (Å²) in [6.07, 6.45) is 11.9. The Morgan fingerprint density at radius 3 is 1.39 bits per heavy atom. The third kappa shape index (κ3) is 33.0. The average Bonchev–Trinajstić information content (AvgIpc) is 3.36. The minimum atomic E-state index is -5.08. The van der Waals surface area contributed by atoms with Crippen LogP contribution in [-0.2, 0) is 41.6 Å². The average molecular weight is 1090 g/mol. The molecule has 430 valence electrons.